The second-order valence-electron chi connectivity index (χ2n) is 15.4. The molecule has 57 heavy (non-hydrogen) atoms. The molecule has 336 valence electrons. The highest BCUT2D eigenvalue weighted by Gasteiger charge is 2.30. The van der Waals surface area contributed by atoms with Crippen molar-refractivity contribution in [2.75, 3.05) is 116 Å². The lowest BCUT2D eigenvalue weighted by molar-refractivity contribution is -0.121. The molecule has 1 rings (SSSR count). The first-order valence-corrected chi connectivity index (χ1v) is 27.2. The van der Waals surface area contributed by atoms with Crippen LogP contribution in [-0.2, 0) is 28.1 Å². The van der Waals surface area contributed by atoms with Gasteiger partial charge in [-0.05, 0) is 58.2 Å². The summed E-state index contributed by atoms with van der Waals surface area (Å²) >= 11 is 0. The molecule has 0 spiro atoms. The molecule has 0 aromatic rings. The van der Waals surface area contributed by atoms with Gasteiger partial charge < -0.3 is 47.8 Å². The molecule has 0 aromatic carbocycles. The molecule has 1 fully saturated rings. The van der Waals surface area contributed by atoms with E-state index in [0.29, 0.717) is 39.3 Å². The van der Waals surface area contributed by atoms with Gasteiger partial charge in [-0.15, -0.1) is 0 Å². The Morgan fingerprint density at radius 1 is 0.421 bits per heavy atom. The van der Waals surface area contributed by atoms with Gasteiger partial charge >= 0.3 is 0 Å². The number of unbranched alkanes of at least 4 members (excludes halogenated alkanes) is 9. The summed E-state index contributed by atoms with van der Waals surface area (Å²) in [4.78, 5) is 75.3. The van der Waals surface area contributed by atoms with Gasteiger partial charge in [-0.1, -0.05) is 38.5 Å². The second-order valence-corrected chi connectivity index (χ2v) is 22.7. The summed E-state index contributed by atoms with van der Waals surface area (Å²) in [6.45, 7) is 5.02. The standard InChI is InChI=1S/C36H78N9O9P3/c37-16-7-1-4-10-19-40-34(46)13-28-55(49,50)31-43-22-24-44(32-56(51,52)29-14-35(47)41-20-11-5-2-8-17-38)26-27-45(25-23-43)33-57(53,54)30-15-36(48)42-21-12-6-3-9-18-39/h1-33,37-39H2,(H,40,46)(H,41,47)(H,42,48)(H,49,50)(H,51,52)(H,53,54). The van der Waals surface area contributed by atoms with Gasteiger partial charge in [0, 0.05) is 96.7 Å². The molecule has 0 aromatic heterocycles. The Morgan fingerprint density at radius 2 is 0.649 bits per heavy atom. The first kappa shape index (κ1) is 53.8. The van der Waals surface area contributed by atoms with Gasteiger partial charge in [-0.25, -0.2) is 0 Å². The molecule has 3 atom stereocenters. The number of carbonyl (C=O) groups excluding carboxylic acids is 3. The van der Waals surface area contributed by atoms with Gasteiger partial charge in [0.25, 0.3) is 0 Å². The van der Waals surface area contributed by atoms with E-state index in [-0.39, 0.29) is 114 Å². The van der Waals surface area contributed by atoms with Crippen LogP contribution < -0.4 is 33.2 Å². The van der Waals surface area contributed by atoms with Crippen molar-refractivity contribution in [2.24, 2.45) is 17.2 Å². The molecule has 1 heterocycles. The predicted molar refractivity (Wildman–Crippen MR) is 229 cm³/mol. The van der Waals surface area contributed by atoms with Crippen LogP contribution in [0, 0.1) is 0 Å². The number of carbonyl (C=O) groups is 3. The van der Waals surface area contributed by atoms with E-state index in [1.165, 1.54) is 0 Å². The van der Waals surface area contributed by atoms with Gasteiger partial charge in [0.1, 0.15) is 0 Å². The highest BCUT2D eigenvalue weighted by atomic mass is 31.2. The third-order valence-corrected chi connectivity index (χ3v) is 15.2. The summed E-state index contributed by atoms with van der Waals surface area (Å²) in [5.41, 5.74) is 16.5. The highest BCUT2D eigenvalue weighted by molar-refractivity contribution is 7.58. The van der Waals surface area contributed by atoms with Gasteiger partial charge in [-0.3, -0.25) is 42.8 Å². The van der Waals surface area contributed by atoms with Crippen molar-refractivity contribution in [3.63, 3.8) is 0 Å². The minimum Gasteiger partial charge on any atom is -0.356 e. The molecule has 1 saturated heterocycles. The zero-order chi connectivity index (χ0) is 42.4. The van der Waals surface area contributed by atoms with E-state index in [1.807, 2.05) is 0 Å². The topological polar surface area (TPSA) is 287 Å². The molecule has 3 amide bonds. The number of amides is 3. The fourth-order valence-corrected chi connectivity index (χ4v) is 11.2. The lowest BCUT2D eigenvalue weighted by Crippen LogP contribution is -2.37. The van der Waals surface area contributed by atoms with Gasteiger partial charge in [-0.2, -0.15) is 0 Å². The van der Waals surface area contributed by atoms with Crippen molar-refractivity contribution in [3.8, 4) is 0 Å². The Labute approximate surface area is 341 Å². The fraction of sp³-hybridized carbons (Fsp3) is 0.917. The lowest BCUT2D eigenvalue weighted by atomic mass is 10.2. The zero-order valence-electron chi connectivity index (χ0n) is 34.5. The van der Waals surface area contributed by atoms with Gasteiger partial charge in [0.15, 0.2) is 0 Å². The quantitative estimate of drug-likeness (QED) is 0.0335. The van der Waals surface area contributed by atoms with Crippen molar-refractivity contribution in [2.45, 2.75) is 96.3 Å². The molecule has 1 aliphatic rings. The third kappa shape index (κ3) is 30.4. The largest absolute Gasteiger partial charge is 0.356 e. The Bertz CT molecular complexity index is 1110. The molecule has 18 nitrogen and oxygen atoms in total. The average molecular weight is 874 g/mol. The number of rotatable bonds is 33. The maximum Gasteiger partial charge on any atom is 0.220 e. The average Bonchev–Trinajstić information content (AvgIpc) is 3.23. The van der Waals surface area contributed by atoms with E-state index < -0.39 is 22.1 Å². The van der Waals surface area contributed by atoms with E-state index in [1.54, 1.807) is 14.7 Å². The van der Waals surface area contributed by atoms with Crippen molar-refractivity contribution < 1.29 is 42.8 Å². The number of hydrogen-bond donors (Lipinski definition) is 9. The molecular weight excluding hydrogens is 795 g/mol. The third-order valence-electron chi connectivity index (χ3n) is 9.88. The van der Waals surface area contributed by atoms with Crippen LogP contribution in [0.4, 0.5) is 0 Å². The van der Waals surface area contributed by atoms with E-state index >= 15 is 0 Å². The Morgan fingerprint density at radius 3 is 0.877 bits per heavy atom. The van der Waals surface area contributed by atoms with Gasteiger partial charge in [0.05, 0.1) is 18.9 Å². The maximum atomic E-state index is 13.4. The Hall–Kier alpha value is -1.26. The summed E-state index contributed by atoms with van der Waals surface area (Å²) in [5, 5.41) is 8.41. The Kier molecular flexibility index (Phi) is 29.8. The van der Waals surface area contributed by atoms with Crippen molar-refractivity contribution in [1.29, 1.82) is 0 Å². The van der Waals surface area contributed by atoms with Crippen LogP contribution in [0.1, 0.15) is 96.3 Å². The van der Waals surface area contributed by atoms with Crippen LogP contribution in [0.15, 0.2) is 0 Å². The van der Waals surface area contributed by atoms with Crippen LogP contribution in [0.2, 0.25) is 0 Å². The molecule has 21 heteroatoms. The number of hydrogen-bond acceptors (Lipinski definition) is 12. The summed E-state index contributed by atoms with van der Waals surface area (Å²) in [5.74, 6) is -0.890. The molecule has 12 N–H and O–H groups in total. The summed E-state index contributed by atoms with van der Waals surface area (Å²) < 4.78 is 40.1. The van der Waals surface area contributed by atoms with Crippen LogP contribution in [-0.4, -0.2) is 163 Å². The fourth-order valence-electron chi connectivity index (χ4n) is 6.40. The number of nitrogens with one attached hydrogen (secondary N) is 3. The summed E-state index contributed by atoms with van der Waals surface area (Å²) in [6, 6.07) is 0. The van der Waals surface area contributed by atoms with Crippen LogP contribution >= 0.6 is 22.1 Å². The van der Waals surface area contributed by atoms with Crippen molar-refractivity contribution in [1.82, 2.24) is 30.7 Å². The van der Waals surface area contributed by atoms with E-state index in [0.717, 1.165) is 77.0 Å². The van der Waals surface area contributed by atoms with Crippen LogP contribution in [0.5, 0.6) is 0 Å². The minimum absolute atomic E-state index is 0.103. The van der Waals surface area contributed by atoms with Crippen molar-refractivity contribution in [3.05, 3.63) is 0 Å². The highest BCUT2D eigenvalue weighted by Crippen LogP contribution is 2.44. The van der Waals surface area contributed by atoms with E-state index in [9.17, 15) is 42.8 Å². The first-order chi connectivity index (χ1) is 27.1. The minimum atomic E-state index is -3.81. The SMILES string of the molecule is NCCCCCCNC(=O)CCP(=O)(O)CN1CCN(CP(=O)(O)CCC(=O)NCCCCCCN)CCN(CP(=O)(O)CCC(=O)NCCCCCCN)CC1. The number of nitrogens with zero attached hydrogens (tertiary/aromatic N) is 3. The smallest absolute Gasteiger partial charge is 0.220 e. The summed E-state index contributed by atoms with van der Waals surface area (Å²) in [6.07, 6.45) is 9.37. The monoisotopic (exact) mass is 874 g/mol. The normalized spacial score (nSPS) is 18.0. The second kappa shape index (κ2) is 31.6. The van der Waals surface area contributed by atoms with E-state index in [4.69, 9.17) is 17.2 Å². The molecule has 0 saturated carbocycles. The van der Waals surface area contributed by atoms with Crippen LogP contribution in [0.25, 0.3) is 0 Å². The summed E-state index contributed by atoms with van der Waals surface area (Å²) in [7, 11) is -11.4. The van der Waals surface area contributed by atoms with Crippen molar-refractivity contribution >= 4 is 39.8 Å². The first-order valence-electron chi connectivity index (χ1n) is 21.1. The molecule has 0 bridgehead atoms. The molecule has 0 aliphatic carbocycles. The Balaban J connectivity index is 2.88. The van der Waals surface area contributed by atoms with Crippen LogP contribution in [0.3, 0.4) is 0 Å². The van der Waals surface area contributed by atoms with E-state index in [2.05, 4.69) is 16.0 Å². The molecule has 0 radical (unpaired) electrons. The molecular formula is C36H78N9O9P3. The number of nitrogens with two attached hydrogens (primary N) is 3. The molecule has 3 unspecified atom stereocenters. The predicted octanol–water partition coefficient (Wildman–Crippen LogP) is 1.67. The van der Waals surface area contributed by atoms with Gasteiger partial charge in [0.2, 0.25) is 39.8 Å². The lowest BCUT2D eigenvalue weighted by Gasteiger charge is -2.28. The maximum absolute atomic E-state index is 13.4. The molecule has 1 aliphatic heterocycles. The zero-order valence-corrected chi connectivity index (χ0v) is 37.2.